The van der Waals surface area contributed by atoms with E-state index in [4.69, 9.17) is 0 Å². The molecular weight excluding hydrogens is 351 g/mol. The molecular formula is C20H19FN2O4. The molecule has 2 amide bonds. The van der Waals surface area contributed by atoms with E-state index >= 15 is 0 Å². The molecule has 2 aromatic carbocycles. The van der Waals surface area contributed by atoms with Gasteiger partial charge >= 0.3 is 5.97 Å². The summed E-state index contributed by atoms with van der Waals surface area (Å²) < 4.78 is 17.5. The highest BCUT2D eigenvalue weighted by atomic mass is 19.1. The zero-order chi connectivity index (χ0) is 19.6. The van der Waals surface area contributed by atoms with Gasteiger partial charge in [-0.25, -0.2) is 4.39 Å². The highest BCUT2D eigenvalue weighted by molar-refractivity contribution is 6.01. The molecule has 0 radical (unpaired) electrons. The Labute approximate surface area is 156 Å². The van der Waals surface area contributed by atoms with Gasteiger partial charge in [-0.15, -0.1) is 0 Å². The van der Waals surface area contributed by atoms with Crippen LogP contribution in [0, 0.1) is 5.82 Å². The third kappa shape index (κ3) is 7.11. The Kier molecular flexibility index (Phi) is 7.25. The van der Waals surface area contributed by atoms with Crippen LogP contribution in [-0.2, 0) is 25.5 Å². The van der Waals surface area contributed by atoms with Gasteiger partial charge in [0.1, 0.15) is 12.4 Å². The quantitative estimate of drug-likeness (QED) is 0.579. The van der Waals surface area contributed by atoms with Crippen LogP contribution in [0.3, 0.4) is 0 Å². The Morgan fingerprint density at radius 3 is 2.52 bits per heavy atom. The van der Waals surface area contributed by atoms with Crippen LogP contribution in [0.15, 0.2) is 54.6 Å². The molecule has 0 atom stereocenters. The van der Waals surface area contributed by atoms with Crippen LogP contribution in [-0.4, -0.2) is 31.4 Å². The third-order valence-electron chi connectivity index (χ3n) is 3.52. The zero-order valence-corrected chi connectivity index (χ0v) is 14.7. The lowest BCUT2D eigenvalue weighted by atomic mass is 10.1. The third-order valence-corrected chi connectivity index (χ3v) is 3.52. The summed E-state index contributed by atoms with van der Waals surface area (Å²) in [6.45, 7) is -0.179. The molecule has 0 aliphatic rings. The van der Waals surface area contributed by atoms with E-state index in [2.05, 4.69) is 15.4 Å². The van der Waals surface area contributed by atoms with E-state index in [-0.39, 0.29) is 30.6 Å². The van der Waals surface area contributed by atoms with Gasteiger partial charge in [0.05, 0.1) is 13.5 Å². The Morgan fingerprint density at radius 1 is 1.11 bits per heavy atom. The van der Waals surface area contributed by atoms with Gasteiger partial charge in [0.2, 0.25) is 11.8 Å². The summed E-state index contributed by atoms with van der Waals surface area (Å²) in [4.78, 5) is 34.6. The van der Waals surface area contributed by atoms with Crippen LogP contribution < -0.4 is 10.6 Å². The number of hydrogen-bond donors (Lipinski definition) is 2. The average molecular weight is 370 g/mol. The zero-order valence-electron chi connectivity index (χ0n) is 14.7. The number of methoxy groups -OCH3 is 1. The van der Waals surface area contributed by atoms with Gasteiger partial charge in [-0.3, -0.25) is 14.4 Å². The number of halogens is 1. The summed E-state index contributed by atoms with van der Waals surface area (Å²) in [5.41, 5.74) is 1.87. The van der Waals surface area contributed by atoms with Crippen molar-refractivity contribution in [2.75, 3.05) is 19.0 Å². The van der Waals surface area contributed by atoms with Gasteiger partial charge < -0.3 is 15.4 Å². The maximum Gasteiger partial charge on any atom is 0.325 e. The molecule has 140 valence electrons. The molecule has 0 saturated carbocycles. The van der Waals surface area contributed by atoms with Gasteiger partial charge in [0.15, 0.2) is 0 Å². The lowest BCUT2D eigenvalue weighted by Crippen LogP contribution is -2.31. The molecule has 2 rings (SSSR count). The van der Waals surface area contributed by atoms with E-state index in [9.17, 15) is 18.8 Å². The molecule has 0 aromatic heterocycles. The maximum absolute atomic E-state index is 13.1. The van der Waals surface area contributed by atoms with Crippen LogP contribution in [0.25, 0.3) is 6.08 Å². The molecule has 0 saturated heterocycles. The fourth-order valence-corrected chi connectivity index (χ4v) is 2.16. The van der Waals surface area contributed by atoms with Crippen LogP contribution in [0.1, 0.15) is 11.1 Å². The average Bonchev–Trinajstić information content (AvgIpc) is 2.66. The van der Waals surface area contributed by atoms with Gasteiger partial charge in [-0.1, -0.05) is 24.3 Å². The van der Waals surface area contributed by atoms with Crippen molar-refractivity contribution in [3.63, 3.8) is 0 Å². The number of benzene rings is 2. The largest absolute Gasteiger partial charge is 0.468 e. The number of anilines is 1. The minimum atomic E-state index is -0.521. The molecule has 7 heteroatoms. The lowest BCUT2D eigenvalue weighted by molar-refractivity contribution is -0.141. The number of nitrogens with one attached hydrogen (secondary N) is 2. The van der Waals surface area contributed by atoms with Crippen molar-refractivity contribution in [3.8, 4) is 0 Å². The van der Waals surface area contributed by atoms with Gasteiger partial charge in [-0.05, 0) is 41.5 Å². The highest BCUT2D eigenvalue weighted by Gasteiger charge is 2.07. The molecule has 2 aromatic rings. The molecule has 27 heavy (non-hydrogen) atoms. The molecule has 0 aliphatic carbocycles. The van der Waals surface area contributed by atoms with E-state index in [1.807, 2.05) is 0 Å². The standard InChI is InChI=1S/C20H19FN2O4/c1-27-20(26)13-22-19(25)12-15-5-8-17(9-6-15)23-18(24)10-7-14-3-2-4-16(21)11-14/h2-11H,12-13H2,1H3,(H,22,25)(H,23,24)/b10-7+. The van der Waals surface area contributed by atoms with Crippen molar-refractivity contribution in [2.45, 2.75) is 6.42 Å². The van der Waals surface area contributed by atoms with Crippen molar-refractivity contribution < 1.29 is 23.5 Å². The summed E-state index contributed by atoms with van der Waals surface area (Å²) in [6, 6.07) is 12.6. The number of carbonyl (C=O) groups is 3. The summed E-state index contributed by atoms with van der Waals surface area (Å²) in [5.74, 6) is -1.56. The highest BCUT2D eigenvalue weighted by Crippen LogP contribution is 2.11. The Bertz CT molecular complexity index is 847. The van der Waals surface area contributed by atoms with E-state index in [1.165, 1.54) is 31.4 Å². The van der Waals surface area contributed by atoms with E-state index in [0.29, 0.717) is 11.3 Å². The minimum absolute atomic E-state index is 0.102. The predicted molar refractivity (Wildman–Crippen MR) is 99.2 cm³/mol. The molecule has 0 aliphatic heterocycles. The second-order valence-electron chi connectivity index (χ2n) is 5.60. The summed E-state index contributed by atoms with van der Waals surface area (Å²) >= 11 is 0. The first-order valence-corrected chi connectivity index (χ1v) is 8.13. The number of hydrogen-bond acceptors (Lipinski definition) is 4. The number of rotatable bonds is 7. The fraction of sp³-hybridized carbons (Fsp3) is 0.150. The first kappa shape index (κ1) is 19.8. The minimum Gasteiger partial charge on any atom is -0.468 e. The van der Waals surface area contributed by atoms with Crippen molar-refractivity contribution in [1.82, 2.24) is 5.32 Å². The second-order valence-corrected chi connectivity index (χ2v) is 5.60. The Hall–Kier alpha value is -3.48. The second kappa shape index (κ2) is 9.86. The van der Waals surface area contributed by atoms with Gasteiger partial charge in [0, 0.05) is 11.8 Å². The Balaban J connectivity index is 1.85. The van der Waals surface area contributed by atoms with E-state index in [1.54, 1.807) is 36.4 Å². The van der Waals surface area contributed by atoms with E-state index in [0.717, 1.165) is 5.56 Å². The van der Waals surface area contributed by atoms with Crippen molar-refractivity contribution in [3.05, 3.63) is 71.6 Å². The number of esters is 1. The molecule has 6 nitrogen and oxygen atoms in total. The molecule has 0 unspecified atom stereocenters. The maximum atomic E-state index is 13.1. The molecule has 0 fully saturated rings. The normalized spacial score (nSPS) is 10.4. The molecule has 0 bridgehead atoms. The first-order valence-electron chi connectivity index (χ1n) is 8.13. The van der Waals surface area contributed by atoms with Crippen molar-refractivity contribution >= 4 is 29.5 Å². The number of carbonyl (C=O) groups excluding carboxylic acids is 3. The van der Waals surface area contributed by atoms with Crippen LogP contribution in [0.2, 0.25) is 0 Å². The van der Waals surface area contributed by atoms with Crippen molar-refractivity contribution in [1.29, 1.82) is 0 Å². The van der Waals surface area contributed by atoms with E-state index < -0.39 is 5.97 Å². The topological polar surface area (TPSA) is 84.5 Å². The SMILES string of the molecule is COC(=O)CNC(=O)Cc1ccc(NC(=O)/C=C/c2cccc(F)c2)cc1. The Morgan fingerprint density at radius 2 is 1.85 bits per heavy atom. The number of ether oxygens (including phenoxy) is 1. The van der Waals surface area contributed by atoms with Crippen LogP contribution in [0.4, 0.5) is 10.1 Å². The van der Waals surface area contributed by atoms with Gasteiger partial charge in [-0.2, -0.15) is 0 Å². The first-order chi connectivity index (χ1) is 13.0. The summed E-state index contributed by atoms with van der Waals surface area (Å²) in [7, 11) is 1.24. The monoisotopic (exact) mass is 370 g/mol. The smallest absolute Gasteiger partial charge is 0.325 e. The molecule has 0 heterocycles. The van der Waals surface area contributed by atoms with Crippen LogP contribution >= 0.6 is 0 Å². The lowest BCUT2D eigenvalue weighted by Gasteiger charge is -2.06. The molecule has 0 spiro atoms. The molecule has 2 N–H and O–H groups in total. The van der Waals surface area contributed by atoms with Gasteiger partial charge in [0.25, 0.3) is 0 Å². The van der Waals surface area contributed by atoms with Crippen molar-refractivity contribution in [2.24, 2.45) is 0 Å². The summed E-state index contributed by atoms with van der Waals surface area (Å²) in [6.07, 6.45) is 2.92. The predicted octanol–water partition coefficient (Wildman–Crippen LogP) is 2.31. The fourth-order valence-electron chi connectivity index (χ4n) is 2.16. The number of amides is 2. The van der Waals surface area contributed by atoms with Crippen LogP contribution in [0.5, 0.6) is 0 Å². The summed E-state index contributed by atoms with van der Waals surface area (Å²) in [5, 5.41) is 5.12.